The van der Waals surface area contributed by atoms with Crippen molar-refractivity contribution in [2.24, 2.45) is 4.40 Å². The fourth-order valence-corrected chi connectivity index (χ4v) is 0.963. The van der Waals surface area contributed by atoms with Crippen LogP contribution in [-0.2, 0) is 0 Å². The second-order valence-electron chi connectivity index (χ2n) is 2.14. The topological polar surface area (TPSA) is 21.6 Å². The first-order valence-electron chi connectivity index (χ1n) is 3.29. The van der Waals surface area contributed by atoms with E-state index in [1.807, 2.05) is 0 Å². The molecule has 0 amide bonds. The normalized spacial score (nSPS) is 10.6. The molecule has 0 radical (unpaired) electrons. The van der Waals surface area contributed by atoms with E-state index >= 15 is 0 Å². The highest BCUT2D eigenvalue weighted by molar-refractivity contribution is 7.78. The van der Waals surface area contributed by atoms with Gasteiger partial charge < -0.3 is 4.74 Å². The van der Waals surface area contributed by atoms with Gasteiger partial charge in [0.15, 0.2) is 11.6 Å². The van der Waals surface area contributed by atoms with Gasteiger partial charge >= 0.3 is 0 Å². The lowest BCUT2D eigenvalue weighted by Crippen LogP contribution is -1.89. The van der Waals surface area contributed by atoms with Crippen LogP contribution in [-0.4, -0.2) is 13.3 Å². The summed E-state index contributed by atoms with van der Waals surface area (Å²) in [4.78, 5) is 0. The van der Waals surface area contributed by atoms with Gasteiger partial charge in [-0.15, -0.1) is 0 Å². The number of benzene rings is 1. The van der Waals surface area contributed by atoms with Gasteiger partial charge in [-0.25, -0.2) is 8.79 Å². The minimum atomic E-state index is -0.400. The molecule has 0 bridgehead atoms. The Morgan fingerprint density at radius 3 is 2.83 bits per heavy atom. The molecule has 1 aromatic carbocycles. The van der Waals surface area contributed by atoms with Crippen molar-refractivity contribution in [3.8, 4) is 5.75 Å². The summed E-state index contributed by atoms with van der Waals surface area (Å²) in [5, 5.41) is 0. The second-order valence-corrected chi connectivity index (χ2v) is 2.37. The van der Waals surface area contributed by atoms with Gasteiger partial charge in [0.1, 0.15) is 0 Å². The SMILES string of the molecule is COc1ccc(/C=N/S)cc1F. The molecule has 0 unspecified atom stereocenters. The standard InChI is InChI=1S/C8H8FNOS/c1-11-8-3-2-6(5-10-12)4-7(8)9/h2-5,12H,1H3/b10-5+. The molecule has 0 N–H and O–H groups in total. The summed E-state index contributed by atoms with van der Waals surface area (Å²) < 4.78 is 21.2. The summed E-state index contributed by atoms with van der Waals surface area (Å²) in [5.74, 6) is -0.172. The zero-order chi connectivity index (χ0) is 8.97. The van der Waals surface area contributed by atoms with Crippen LogP contribution in [0.4, 0.5) is 4.39 Å². The van der Waals surface area contributed by atoms with Gasteiger partial charge in [0.2, 0.25) is 0 Å². The van der Waals surface area contributed by atoms with Gasteiger partial charge in [-0.05, 0) is 36.6 Å². The predicted octanol–water partition coefficient (Wildman–Crippen LogP) is 2.10. The molecule has 0 fully saturated rings. The lowest BCUT2D eigenvalue weighted by atomic mass is 10.2. The highest BCUT2D eigenvalue weighted by atomic mass is 32.1. The molecule has 0 saturated heterocycles. The molecule has 0 aliphatic carbocycles. The number of halogens is 1. The van der Waals surface area contributed by atoms with Gasteiger partial charge in [-0.3, -0.25) is 0 Å². The molecule has 12 heavy (non-hydrogen) atoms. The largest absolute Gasteiger partial charge is 0.494 e. The summed E-state index contributed by atoms with van der Waals surface area (Å²) in [7, 11) is 1.42. The maximum atomic E-state index is 13.0. The molecular weight excluding hydrogens is 177 g/mol. The predicted molar refractivity (Wildman–Crippen MR) is 49.5 cm³/mol. The Morgan fingerprint density at radius 2 is 2.33 bits per heavy atom. The lowest BCUT2D eigenvalue weighted by molar-refractivity contribution is 0.386. The highest BCUT2D eigenvalue weighted by Gasteiger charge is 2.00. The van der Waals surface area contributed by atoms with Crippen molar-refractivity contribution in [1.29, 1.82) is 0 Å². The van der Waals surface area contributed by atoms with Crippen LogP contribution in [0.25, 0.3) is 0 Å². The van der Waals surface area contributed by atoms with Crippen LogP contribution in [0, 0.1) is 5.82 Å². The van der Waals surface area contributed by atoms with Crippen molar-refractivity contribution in [3.05, 3.63) is 29.6 Å². The van der Waals surface area contributed by atoms with Gasteiger partial charge in [0, 0.05) is 6.21 Å². The second kappa shape index (κ2) is 4.11. The average molecular weight is 185 g/mol. The number of hydrogen-bond acceptors (Lipinski definition) is 3. The van der Waals surface area contributed by atoms with E-state index in [4.69, 9.17) is 4.74 Å². The molecular formula is C8H8FNOS. The maximum absolute atomic E-state index is 13.0. The number of nitrogens with zero attached hydrogens (tertiary/aromatic N) is 1. The first kappa shape index (κ1) is 9.06. The molecule has 1 aromatic rings. The smallest absolute Gasteiger partial charge is 0.165 e. The first-order valence-corrected chi connectivity index (χ1v) is 3.69. The summed E-state index contributed by atoms with van der Waals surface area (Å²) in [5.41, 5.74) is 0.656. The van der Waals surface area contributed by atoms with Crippen LogP contribution in [0.15, 0.2) is 22.6 Å². The molecule has 4 heteroatoms. The molecule has 2 nitrogen and oxygen atoms in total. The van der Waals surface area contributed by atoms with Gasteiger partial charge in [-0.2, -0.15) is 0 Å². The van der Waals surface area contributed by atoms with E-state index in [1.54, 1.807) is 12.1 Å². The molecule has 1 rings (SSSR count). The van der Waals surface area contributed by atoms with E-state index in [0.29, 0.717) is 5.56 Å². The van der Waals surface area contributed by atoms with Crippen molar-refractivity contribution in [1.82, 2.24) is 0 Å². The van der Waals surface area contributed by atoms with E-state index < -0.39 is 5.82 Å². The van der Waals surface area contributed by atoms with Crippen LogP contribution in [0.2, 0.25) is 0 Å². The van der Waals surface area contributed by atoms with Gasteiger partial charge in [0.25, 0.3) is 0 Å². The Bertz CT molecular complexity index is 301. The fourth-order valence-electron chi connectivity index (χ4n) is 0.830. The molecule has 0 heterocycles. The Kier molecular flexibility index (Phi) is 3.10. The zero-order valence-electron chi connectivity index (χ0n) is 6.49. The highest BCUT2D eigenvalue weighted by Crippen LogP contribution is 2.16. The van der Waals surface area contributed by atoms with Crippen molar-refractivity contribution < 1.29 is 9.13 Å². The third-order valence-corrected chi connectivity index (χ3v) is 1.50. The Morgan fingerprint density at radius 1 is 1.58 bits per heavy atom. The van der Waals surface area contributed by atoms with Gasteiger partial charge in [0.05, 0.1) is 7.11 Å². The van der Waals surface area contributed by atoms with E-state index in [1.165, 1.54) is 19.4 Å². The lowest BCUT2D eigenvalue weighted by Gasteiger charge is -2.00. The number of rotatable bonds is 2. The summed E-state index contributed by atoms with van der Waals surface area (Å²) in [6.07, 6.45) is 1.45. The Balaban J connectivity index is 3.01. The molecule has 0 atom stereocenters. The number of methoxy groups -OCH3 is 1. The quantitative estimate of drug-likeness (QED) is 0.553. The minimum absolute atomic E-state index is 0.228. The van der Waals surface area contributed by atoms with Crippen molar-refractivity contribution >= 4 is 19.0 Å². The number of ether oxygens (including phenoxy) is 1. The van der Waals surface area contributed by atoms with Gasteiger partial charge in [-0.1, -0.05) is 0 Å². The van der Waals surface area contributed by atoms with Crippen molar-refractivity contribution in [2.75, 3.05) is 7.11 Å². The molecule has 64 valence electrons. The molecule has 0 spiro atoms. The number of thiol groups is 1. The summed E-state index contributed by atoms with van der Waals surface area (Å²) >= 11 is 3.63. The van der Waals surface area contributed by atoms with E-state index in [2.05, 4.69) is 17.2 Å². The number of hydrogen-bond donors (Lipinski definition) is 1. The van der Waals surface area contributed by atoms with Crippen LogP contribution >= 0.6 is 12.8 Å². The third-order valence-electron chi connectivity index (χ3n) is 1.38. The molecule has 0 aliphatic heterocycles. The van der Waals surface area contributed by atoms with Crippen molar-refractivity contribution in [2.45, 2.75) is 0 Å². The zero-order valence-corrected chi connectivity index (χ0v) is 7.38. The fraction of sp³-hybridized carbons (Fsp3) is 0.125. The van der Waals surface area contributed by atoms with Crippen LogP contribution < -0.4 is 4.74 Å². The molecule has 0 aromatic heterocycles. The molecule has 0 saturated carbocycles. The van der Waals surface area contributed by atoms with Crippen molar-refractivity contribution in [3.63, 3.8) is 0 Å². The first-order chi connectivity index (χ1) is 5.77. The summed E-state index contributed by atoms with van der Waals surface area (Å²) in [6.45, 7) is 0. The monoisotopic (exact) mass is 185 g/mol. The minimum Gasteiger partial charge on any atom is -0.494 e. The van der Waals surface area contributed by atoms with Crippen LogP contribution in [0.5, 0.6) is 5.75 Å². The third kappa shape index (κ3) is 1.98. The van der Waals surface area contributed by atoms with E-state index in [0.717, 1.165) is 0 Å². The Hall–Kier alpha value is -1.03. The summed E-state index contributed by atoms with van der Waals surface area (Å²) in [6, 6.07) is 4.57. The Labute approximate surface area is 75.6 Å². The van der Waals surface area contributed by atoms with E-state index in [9.17, 15) is 4.39 Å². The molecule has 0 aliphatic rings. The van der Waals surface area contributed by atoms with E-state index in [-0.39, 0.29) is 5.75 Å². The average Bonchev–Trinajstić information content (AvgIpc) is 2.05. The maximum Gasteiger partial charge on any atom is 0.165 e. The van der Waals surface area contributed by atoms with Crippen LogP contribution in [0.1, 0.15) is 5.56 Å². The van der Waals surface area contributed by atoms with Crippen LogP contribution in [0.3, 0.4) is 0 Å².